The van der Waals surface area contributed by atoms with E-state index < -0.39 is 5.60 Å². The number of hydrogen-bond donors (Lipinski definition) is 1. The molecule has 1 N–H and O–H groups in total. The van der Waals surface area contributed by atoms with Crippen molar-refractivity contribution < 1.29 is 5.11 Å². The molecule has 1 aromatic carbocycles. The fourth-order valence-electron chi connectivity index (χ4n) is 1.70. The summed E-state index contributed by atoms with van der Waals surface area (Å²) in [5, 5.41) is 11.2. The van der Waals surface area contributed by atoms with Crippen LogP contribution in [0.15, 0.2) is 40.2 Å². The predicted octanol–water partition coefficient (Wildman–Crippen LogP) is 4.61. The normalized spacial score (nSPS) is 14.6. The second-order valence-corrected chi connectivity index (χ2v) is 7.15. The molecule has 1 nitrogen and oxygen atoms in total. The average molecular weight is 332 g/mol. The van der Waals surface area contributed by atoms with Crippen LogP contribution >= 0.6 is 38.9 Å². The Morgan fingerprint density at radius 2 is 1.88 bits per heavy atom. The van der Waals surface area contributed by atoms with Gasteiger partial charge in [0.15, 0.2) is 0 Å². The lowest BCUT2D eigenvalue weighted by atomic mass is 9.92. The third kappa shape index (κ3) is 3.32. The largest absolute Gasteiger partial charge is 0.385 e. The van der Waals surface area contributed by atoms with Crippen LogP contribution in [0.3, 0.4) is 0 Å². The molecule has 90 valence electrons. The van der Waals surface area contributed by atoms with Crippen LogP contribution in [0, 0.1) is 0 Å². The Balaban J connectivity index is 2.21. The number of halogens is 2. The summed E-state index contributed by atoms with van der Waals surface area (Å²) in [6.45, 7) is 1.82. The molecular formula is C13H12BrClOS. The summed E-state index contributed by atoms with van der Waals surface area (Å²) in [6, 6.07) is 11.4. The van der Waals surface area contributed by atoms with E-state index >= 15 is 0 Å². The van der Waals surface area contributed by atoms with Crippen LogP contribution in [0.2, 0.25) is 5.02 Å². The maximum Gasteiger partial charge on any atom is 0.0916 e. The van der Waals surface area contributed by atoms with Gasteiger partial charge in [0.1, 0.15) is 0 Å². The molecule has 1 unspecified atom stereocenters. The van der Waals surface area contributed by atoms with E-state index in [-0.39, 0.29) is 0 Å². The molecule has 0 fully saturated rings. The molecule has 0 aliphatic heterocycles. The van der Waals surface area contributed by atoms with Gasteiger partial charge in [0.05, 0.1) is 9.39 Å². The van der Waals surface area contributed by atoms with Crippen LogP contribution in [0.4, 0.5) is 0 Å². The lowest BCUT2D eigenvalue weighted by molar-refractivity contribution is 0.0585. The molecule has 0 bridgehead atoms. The van der Waals surface area contributed by atoms with Gasteiger partial charge in [-0.05, 0) is 52.7 Å². The minimum absolute atomic E-state index is 0.602. The third-order valence-corrected chi connectivity index (χ3v) is 4.49. The summed E-state index contributed by atoms with van der Waals surface area (Å²) in [6.07, 6.45) is 0.602. The lowest BCUT2D eigenvalue weighted by Crippen LogP contribution is -2.23. The summed E-state index contributed by atoms with van der Waals surface area (Å²) in [5.41, 5.74) is 0.0148. The molecule has 0 radical (unpaired) electrons. The molecule has 1 atom stereocenters. The predicted molar refractivity (Wildman–Crippen MR) is 76.7 cm³/mol. The summed E-state index contributed by atoms with van der Waals surface area (Å²) in [7, 11) is 0. The van der Waals surface area contributed by atoms with E-state index in [1.165, 1.54) is 0 Å². The minimum atomic E-state index is -0.866. The first kappa shape index (κ1) is 13.1. The molecule has 4 heteroatoms. The molecule has 1 heterocycles. The van der Waals surface area contributed by atoms with Gasteiger partial charge < -0.3 is 5.11 Å². The quantitative estimate of drug-likeness (QED) is 0.870. The standard InChI is InChI=1S/C13H12BrClOS/c1-13(16,8-11-6-7-12(14)17-11)9-2-4-10(15)5-3-9/h2-7,16H,8H2,1H3. The van der Waals surface area contributed by atoms with Crippen LogP contribution in [-0.4, -0.2) is 5.11 Å². The Labute approximate surface area is 118 Å². The highest BCUT2D eigenvalue weighted by atomic mass is 79.9. The smallest absolute Gasteiger partial charge is 0.0916 e. The van der Waals surface area contributed by atoms with Crippen molar-refractivity contribution in [3.8, 4) is 0 Å². The van der Waals surface area contributed by atoms with E-state index in [1.54, 1.807) is 23.5 Å². The molecule has 0 aliphatic carbocycles. The molecule has 2 rings (SSSR count). The highest BCUT2D eigenvalue weighted by Gasteiger charge is 2.24. The summed E-state index contributed by atoms with van der Waals surface area (Å²) >= 11 is 10.9. The van der Waals surface area contributed by atoms with Crippen molar-refractivity contribution in [3.63, 3.8) is 0 Å². The van der Waals surface area contributed by atoms with Crippen LogP contribution in [0.25, 0.3) is 0 Å². The van der Waals surface area contributed by atoms with Crippen LogP contribution in [0.5, 0.6) is 0 Å². The van der Waals surface area contributed by atoms with E-state index in [9.17, 15) is 5.11 Å². The Bertz CT molecular complexity index is 504. The highest BCUT2D eigenvalue weighted by Crippen LogP contribution is 2.31. The van der Waals surface area contributed by atoms with E-state index in [1.807, 2.05) is 31.2 Å². The van der Waals surface area contributed by atoms with Gasteiger partial charge >= 0.3 is 0 Å². The molecule has 0 aliphatic rings. The molecule has 0 saturated carbocycles. The fraction of sp³-hybridized carbons (Fsp3) is 0.231. The number of benzene rings is 1. The van der Waals surface area contributed by atoms with Gasteiger partial charge in [-0.1, -0.05) is 23.7 Å². The number of thiophene rings is 1. The Hall–Kier alpha value is -0.350. The number of rotatable bonds is 3. The van der Waals surface area contributed by atoms with Crippen molar-refractivity contribution in [1.82, 2.24) is 0 Å². The van der Waals surface area contributed by atoms with Gasteiger partial charge in [-0.15, -0.1) is 11.3 Å². The zero-order chi connectivity index (χ0) is 12.5. The van der Waals surface area contributed by atoms with Gasteiger partial charge in [0, 0.05) is 16.3 Å². The van der Waals surface area contributed by atoms with E-state index in [4.69, 9.17) is 11.6 Å². The Kier molecular flexibility index (Phi) is 3.93. The second-order valence-electron chi connectivity index (χ2n) is 4.16. The first-order chi connectivity index (χ1) is 7.97. The first-order valence-electron chi connectivity index (χ1n) is 5.20. The molecule has 1 aromatic heterocycles. The fourth-order valence-corrected chi connectivity index (χ4v) is 3.45. The van der Waals surface area contributed by atoms with Gasteiger partial charge in [-0.2, -0.15) is 0 Å². The SMILES string of the molecule is CC(O)(Cc1ccc(Br)s1)c1ccc(Cl)cc1. The summed E-state index contributed by atoms with van der Waals surface area (Å²) in [4.78, 5) is 1.15. The highest BCUT2D eigenvalue weighted by molar-refractivity contribution is 9.11. The van der Waals surface area contributed by atoms with Gasteiger partial charge in [0.2, 0.25) is 0 Å². The third-order valence-electron chi connectivity index (χ3n) is 2.61. The average Bonchev–Trinajstić information content (AvgIpc) is 2.63. The van der Waals surface area contributed by atoms with E-state index in [0.29, 0.717) is 11.4 Å². The maximum absolute atomic E-state index is 10.5. The van der Waals surface area contributed by atoms with Crippen molar-refractivity contribution in [2.45, 2.75) is 18.9 Å². The Morgan fingerprint density at radius 3 is 2.41 bits per heavy atom. The van der Waals surface area contributed by atoms with Crippen molar-refractivity contribution in [2.24, 2.45) is 0 Å². The molecule has 0 saturated heterocycles. The molecular weight excluding hydrogens is 320 g/mol. The van der Waals surface area contributed by atoms with Crippen molar-refractivity contribution >= 4 is 38.9 Å². The second kappa shape index (κ2) is 5.11. The maximum atomic E-state index is 10.5. The lowest BCUT2D eigenvalue weighted by Gasteiger charge is -2.23. The van der Waals surface area contributed by atoms with Crippen molar-refractivity contribution in [1.29, 1.82) is 0 Å². The zero-order valence-electron chi connectivity index (χ0n) is 9.28. The summed E-state index contributed by atoms with van der Waals surface area (Å²) < 4.78 is 1.08. The topological polar surface area (TPSA) is 20.2 Å². The zero-order valence-corrected chi connectivity index (χ0v) is 12.4. The Morgan fingerprint density at radius 1 is 1.24 bits per heavy atom. The molecule has 17 heavy (non-hydrogen) atoms. The van der Waals surface area contributed by atoms with Crippen LogP contribution < -0.4 is 0 Å². The molecule has 2 aromatic rings. The minimum Gasteiger partial charge on any atom is -0.385 e. The monoisotopic (exact) mass is 330 g/mol. The number of aliphatic hydroxyl groups is 1. The van der Waals surface area contributed by atoms with Crippen molar-refractivity contribution in [2.75, 3.05) is 0 Å². The van der Waals surface area contributed by atoms with E-state index in [0.717, 1.165) is 14.2 Å². The van der Waals surface area contributed by atoms with Gasteiger partial charge in [-0.25, -0.2) is 0 Å². The summed E-state index contributed by atoms with van der Waals surface area (Å²) in [5.74, 6) is 0. The van der Waals surface area contributed by atoms with Crippen molar-refractivity contribution in [3.05, 3.63) is 55.6 Å². The van der Waals surface area contributed by atoms with Crippen LogP contribution in [-0.2, 0) is 12.0 Å². The van der Waals surface area contributed by atoms with E-state index in [2.05, 4.69) is 15.9 Å². The molecule has 0 amide bonds. The van der Waals surface area contributed by atoms with Gasteiger partial charge in [0.25, 0.3) is 0 Å². The number of hydrogen-bond acceptors (Lipinski definition) is 2. The molecule has 0 spiro atoms. The van der Waals surface area contributed by atoms with Gasteiger partial charge in [-0.3, -0.25) is 0 Å². The van der Waals surface area contributed by atoms with Crippen LogP contribution in [0.1, 0.15) is 17.4 Å². The first-order valence-corrected chi connectivity index (χ1v) is 7.19.